The molecule has 0 unspecified atom stereocenters. The minimum Gasteiger partial charge on any atom is -0.198 e. The van der Waals surface area contributed by atoms with Gasteiger partial charge in [-0.25, -0.2) is 0 Å². The lowest BCUT2D eigenvalue weighted by atomic mass is 9.63. The van der Waals surface area contributed by atoms with E-state index in [-0.39, 0.29) is 5.41 Å². The van der Waals surface area contributed by atoms with Gasteiger partial charge in [-0.2, -0.15) is 5.26 Å². The van der Waals surface area contributed by atoms with E-state index < -0.39 is 0 Å². The fourth-order valence-corrected chi connectivity index (χ4v) is 5.51. The van der Waals surface area contributed by atoms with E-state index in [1.807, 2.05) is 0 Å². The lowest BCUT2D eigenvalue weighted by Gasteiger charge is -2.41. The van der Waals surface area contributed by atoms with Crippen molar-refractivity contribution in [3.63, 3.8) is 0 Å². The lowest BCUT2D eigenvalue weighted by molar-refractivity contribution is 0.115. The number of hydrogen-bond donors (Lipinski definition) is 0. The van der Waals surface area contributed by atoms with Crippen LogP contribution in [-0.4, -0.2) is 0 Å². The first-order chi connectivity index (χ1) is 11.7. The molecule has 2 fully saturated rings. The van der Waals surface area contributed by atoms with Crippen molar-refractivity contribution >= 4 is 0 Å². The average Bonchev–Trinajstić information content (AvgIpc) is 2.63. The fourth-order valence-electron chi connectivity index (χ4n) is 5.51. The van der Waals surface area contributed by atoms with E-state index in [1.54, 1.807) is 0 Å². The molecule has 24 heavy (non-hydrogen) atoms. The first-order valence-electron chi connectivity index (χ1n) is 11.1. The van der Waals surface area contributed by atoms with Crippen LogP contribution in [0.2, 0.25) is 0 Å². The van der Waals surface area contributed by atoms with Gasteiger partial charge in [0.25, 0.3) is 0 Å². The van der Waals surface area contributed by atoms with Crippen molar-refractivity contribution in [1.82, 2.24) is 0 Å². The number of nitriles is 1. The summed E-state index contributed by atoms with van der Waals surface area (Å²) in [5.74, 6) is 2.95. The van der Waals surface area contributed by atoms with Gasteiger partial charge in [0.05, 0.1) is 11.5 Å². The summed E-state index contributed by atoms with van der Waals surface area (Å²) in [6, 6.07) is 2.76. The molecule has 2 aliphatic carbocycles. The van der Waals surface area contributed by atoms with Gasteiger partial charge in [-0.3, -0.25) is 0 Å². The molecule has 2 saturated carbocycles. The zero-order valence-electron chi connectivity index (χ0n) is 16.5. The second-order valence-corrected chi connectivity index (χ2v) is 8.96. The Morgan fingerprint density at radius 2 is 1.42 bits per heavy atom. The van der Waals surface area contributed by atoms with E-state index in [4.69, 9.17) is 0 Å². The predicted molar refractivity (Wildman–Crippen MR) is 104 cm³/mol. The molecule has 0 spiro atoms. The molecule has 0 atom stereocenters. The number of rotatable bonds is 9. The highest BCUT2D eigenvalue weighted by Gasteiger charge is 2.38. The molecule has 0 saturated heterocycles. The van der Waals surface area contributed by atoms with Gasteiger partial charge in [0, 0.05) is 0 Å². The highest BCUT2D eigenvalue weighted by Crippen LogP contribution is 2.47. The minimum atomic E-state index is 0.0438. The van der Waals surface area contributed by atoms with Crippen LogP contribution in [0.1, 0.15) is 117 Å². The molecule has 0 N–H and O–H groups in total. The quantitative estimate of drug-likeness (QED) is 0.398. The topological polar surface area (TPSA) is 23.8 Å². The highest BCUT2D eigenvalue weighted by atomic mass is 14.4. The Balaban J connectivity index is 1.70. The Morgan fingerprint density at radius 1 is 0.792 bits per heavy atom. The van der Waals surface area contributed by atoms with Crippen LogP contribution in [0.25, 0.3) is 0 Å². The summed E-state index contributed by atoms with van der Waals surface area (Å²) in [4.78, 5) is 0. The fraction of sp³-hybridized carbons (Fsp3) is 0.957. The van der Waals surface area contributed by atoms with Gasteiger partial charge in [0.1, 0.15) is 0 Å². The van der Waals surface area contributed by atoms with Crippen LogP contribution in [-0.2, 0) is 0 Å². The Morgan fingerprint density at radius 3 is 2.00 bits per heavy atom. The van der Waals surface area contributed by atoms with E-state index in [2.05, 4.69) is 19.9 Å². The molecule has 0 radical (unpaired) electrons. The van der Waals surface area contributed by atoms with Gasteiger partial charge in [-0.1, -0.05) is 71.6 Å². The summed E-state index contributed by atoms with van der Waals surface area (Å²) < 4.78 is 0. The van der Waals surface area contributed by atoms with Crippen molar-refractivity contribution in [2.24, 2.45) is 23.2 Å². The third kappa shape index (κ3) is 5.79. The first kappa shape index (κ1) is 19.8. The smallest absolute Gasteiger partial charge is 0.0689 e. The van der Waals surface area contributed by atoms with E-state index in [0.29, 0.717) is 0 Å². The molecular formula is C23H41N. The molecule has 0 aromatic rings. The standard InChI is InChI=1S/C23H41N/c1-3-5-6-7-8-16-23(19-24)17-14-22(15-18-23)21-12-10-20(9-4-2)11-13-21/h20-22H,3-18H2,1-2H3. The van der Waals surface area contributed by atoms with Crippen LogP contribution in [0.15, 0.2) is 0 Å². The van der Waals surface area contributed by atoms with E-state index in [9.17, 15) is 5.26 Å². The van der Waals surface area contributed by atoms with Crippen molar-refractivity contribution in [2.75, 3.05) is 0 Å². The zero-order chi connectivity index (χ0) is 17.3. The molecule has 2 aliphatic rings. The van der Waals surface area contributed by atoms with Crippen LogP contribution in [0, 0.1) is 34.5 Å². The molecule has 0 aromatic heterocycles. The van der Waals surface area contributed by atoms with Crippen LogP contribution < -0.4 is 0 Å². The molecule has 0 heterocycles. The van der Waals surface area contributed by atoms with E-state index >= 15 is 0 Å². The Bertz CT molecular complexity index is 364. The minimum absolute atomic E-state index is 0.0438. The molecule has 0 aromatic carbocycles. The monoisotopic (exact) mass is 331 g/mol. The number of unbranched alkanes of at least 4 members (excludes halogenated alkanes) is 4. The van der Waals surface area contributed by atoms with Gasteiger partial charge in [-0.05, 0) is 62.7 Å². The SMILES string of the molecule is CCCCCCCC1(C#N)CCC(C2CCC(CCC)CC2)CC1. The maximum absolute atomic E-state index is 9.78. The lowest BCUT2D eigenvalue weighted by Crippen LogP contribution is -2.31. The summed E-state index contributed by atoms with van der Waals surface area (Å²) in [5.41, 5.74) is 0.0438. The molecule has 1 nitrogen and oxygen atoms in total. The van der Waals surface area contributed by atoms with Gasteiger partial charge >= 0.3 is 0 Å². The first-order valence-corrected chi connectivity index (χ1v) is 11.1. The van der Waals surface area contributed by atoms with Gasteiger partial charge < -0.3 is 0 Å². The van der Waals surface area contributed by atoms with Crippen LogP contribution in [0.5, 0.6) is 0 Å². The molecule has 2 rings (SSSR count). The summed E-state index contributed by atoms with van der Waals surface area (Å²) in [5, 5.41) is 9.78. The average molecular weight is 332 g/mol. The molecule has 0 aliphatic heterocycles. The molecular weight excluding hydrogens is 290 g/mol. The Labute approximate surface area is 151 Å². The van der Waals surface area contributed by atoms with Gasteiger partial charge in [0.15, 0.2) is 0 Å². The Kier molecular flexibility index (Phi) is 8.65. The third-order valence-electron chi connectivity index (χ3n) is 7.24. The number of nitrogens with zero attached hydrogens (tertiary/aromatic N) is 1. The van der Waals surface area contributed by atoms with Crippen LogP contribution >= 0.6 is 0 Å². The number of hydrogen-bond acceptors (Lipinski definition) is 1. The summed E-state index contributed by atoms with van der Waals surface area (Å²) in [6.45, 7) is 4.60. The molecule has 0 bridgehead atoms. The van der Waals surface area contributed by atoms with Crippen LogP contribution in [0.3, 0.4) is 0 Å². The summed E-state index contributed by atoms with van der Waals surface area (Å²) in [6.07, 6.45) is 21.6. The maximum atomic E-state index is 9.78. The van der Waals surface area contributed by atoms with Crippen LogP contribution in [0.4, 0.5) is 0 Å². The highest BCUT2D eigenvalue weighted by molar-refractivity contribution is 5.02. The molecule has 138 valence electrons. The largest absolute Gasteiger partial charge is 0.198 e. The van der Waals surface area contributed by atoms with E-state index in [0.717, 1.165) is 17.8 Å². The molecule has 0 amide bonds. The predicted octanol–water partition coefficient (Wildman–Crippen LogP) is 7.65. The van der Waals surface area contributed by atoms with Gasteiger partial charge in [0.2, 0.25) is 0 Å². The summed E-state index contributed by atoms with van der Waals surface area (Å²) >= 11 is 0. The van der Waals surface area contributed by atoms with Gasteiger partial charge in [-0.15, -0.1) is 0 Å². The molecule has 1 heteroatoms. The van der Waals surface area contributed by atoms with E-state index in [1.165, 1.54) is 103 Å². The van der Waals surface area contributed by atoms with Crippen molar-refractivity contribution in [2.45, 2.75) is 117 Å². The van der Waals surface area contributed by atoms with Crippen molar-refractivity contribution < 1.29 is 0 Å². The second kappa shape index (κ2) is 10.5. The normalized spacial score (nSPS) is 34.0. The Hall–Kier alpha value is -0.510. The van der Waals surface area contributed by atoms with Crippen molar-refractivity contribution in [3.8, 4) is 6.07 Å². The zero-order valence-corrected chi connectivity index (χ0v) is 16.5. The summed E-state index contributed by atoms with van der Waals surface area (Å²) in [7, 11) is 0. The second-order valence-electron chi connectivity index (χ2n) is 8.96. The maximum Gasteiger partial charge on any atom is 0.0689 e. The third-order valence-corrected chi connectivity index (χ3v) is 7.24. The van der Waals surface area contributed by atoms with Crippen molar-refractivity contribution in [3.05, 3.63) is 0 Å². The van der Waals surface area contributed by atoms with Crippen molar-refractivity contribution in [1.29, 1.82) is 5.26 Å².